The van der Waals surface area contributed by atoms with Crippen LogP contribution < -0.4 is 0 Å². The van der Waals surface area contributed by atoms with Gasteiger partial charge in [-0.3, -0.25) is 4.79 Å². The number of hydrogen-bond acceptors (Lipinski definition) is 3. The molecule has 0 aliphatic heterocycles. The molecule has 2 aromatic heterocycles. The maximum absolute atomic E-state index is 11.8. The van der Waals surface area contributed by atoms with Gasteiger partial charge in [-0.05, 0) is 38.0 Å². The lowest BCUT2D eigenvalue weighted by Gasteiger charge is -2.07. The van der Waals surface area contributed by atoms with E-state index in [1.807, 2.05) is 25.1 Å². The molecule has 0 atom stereocenters. The van der Waals surface area contributed by atoms with E-state index < -0.39 is 0 Å². The number of carbonyl (C=O) groups is 1. The Morgan fingerprint density at radius 3 is 2.62 bits per heavy atom. The quantitative estimate of drug-likeness (QED) is 0.664. The molecule has 4 heteroatoms. The van der Waals surface area contributed by atoms with Gasteiger partial charge in [-0.2, -0.15) is 0 Å². The largest absolute Gasteiger partial charge is 0.466 e. The van der Waals surface area contributed by atoms with Crippen LogP contribution in [0, 0.1) is 13.8 Å². The van der Waals surface area contributed by atoms with E-state index in [4.69, 9.17) is 9.72 Å². The van der Waals surface area contributed by atoms with E-state index in [9.17, 15) is 4.79 Å². The molecule has 3 aromatic rings. The van der Waals surface area contributed by atoms with E-state index in [1.54, 1.807) is 0 Å². The highest BCUT2D eigenvalue weighted by Crippen LogP contribution is 2.26. The molecule has 0 bridgehead atoms. The summed E-state index contributed by atoms with van der Waals surface area (Å²) in [5, 5.41) is 0. The van der Waals surface area contributed by atoms with Crippen molar-refractivity contribution < 1.29 is 9.53 Å². The first-order valence-electron chi connectivity index (χ1n) is 8.29. The average Bonchev–Trinajstić information content (AvgIpc) is 2.92. The lowest BCUT2D eigenvalue weighted by atomic mass is 10.1. The van der Waals surface area contributed by atoms with Gasteiger partial charge >= 0.3 is 5.97 Å². The van der Waals surface area contributed by atoms with Crippen LogP contribution in [-0.2, 0) is 16.0 Å². The maximum atomic E-state index is 11.8. The molecule has 0 spiro atoms. The minimum atomic E-state index is -0.171. The van der Waals surface area contributed by atoms with Crippen LogP contribution in [0.25, 0.3) is 16.9 Å². The predicted octanol–water partition coefficient (Wildman–Crippen LogP) is 4.11. The van der Waals surface area contributed by atoms with Crippen LogP contribution in [0.5, 0.6) is 0 Å². The summed E-state index contributed by atoms with van der Waals surface area (Å²) >= 11 is 0. The number of imidazole rings is 1. The third-order valence-electron chi connectivity index (χ3n) is 4.25. The summed E-state index contributed by atoms with van der Waals surface area (Å²) in [7, 11) is 0. The molecule has 0 saturated heterocycles. The Bertz CT molecular complexity index is 866. The third kappa shape index (κ3) is 3.18. The van der Waals surface area contributed by atoms with Gasteiger partial charge in [-0.25, -0.2) is 4.98 Å². The summed E-state index contributed by atoms with van der Waals surface area (Å²) in [5.74, 6) is -0.171. The van der Waals surface area contributed by atoms with Crippen LogP contribution in [-0.4, -0.2) is 22.0 Å². The van der Waals surface area contributed by atoms with Gasteiger partial charge in [0.25, 0.3) is 0 Å². The number of carbonyl (C=O) groups excluding carboxylic acids is 1. The average molecular weight is 322 g/mol. The first-order chi connectivity index (χ1) is 11.6. The normalized spacial score (nSPS) is 11.0. The van der Waals surface area contributed by atoms with Gasteiger partial charge in [0.1, 0.15) is 5.65 Å². The SMILES string of the molecule is CCOC(=O)CCc1c(-c2ccccc2)nc2cc(C)c(C)cn12. The van der Waals surface area contributed by atoms with Gasteiger partial charge in [0.2, 0.25) is 0 Å². The van der Waals surface area contributed by atoms with Gasteiger partial charge < -0.3 is 9.14 Å². The molecule has 0 N–H and O–H groups in total. The van der Waals surface area contributed by atoms with E-state index in [2.05, 4.69) is 42.6 Å². The number of rotatable bonds is 5. The number of pyridine rings is 1. The smallest absolute Gasteiger partial charge is 0.306 e. The van der Waals surface area contributed by atoms with Crippen LogP contribution in [0.15, 0.2) is 42.6 Å². The second kappa shape index (κ2) is 6.87. The number of esters is 1. The number of benzene rings is 1. The van der Waals surface area contributed by atoms with Crippen molar-refractivity contribution in [3.63, 3.8) is 0 Å². The van der Waals surface area contributed by atoms with Crippen molar-refractivity contribution in [3.8, 4) is 11.3 Å². The monoisotopic (exact) mass is 322 g/mol. The zero-order valence-corrected chi connectivity index (χ0v) is 14.4. The van der Waals surface area contributed by atoms with Crippen molar-refractivity contribution in [2.75, 3.05) is 6.61 Å². The van der Waals surface area contributed by atoms with Crippen LogP contribution in [0.1, 0.15) is 30.2 Å². The van der Waals surface area contributed by atoms with E-state index >= 15 is 0 Å². The van der Waals surface area contributed by atoms with Gasteiger partial charge in [-0.1, -0.05) is 30.3 Å². The summed E-state index contributed by atoms with van der Waals surface area (Å²) in [6.07, 6.45) is 3.06. The van der Waals surface area contributed by atoms with Crippen LogP contribution in [0.3, 0.4) is 0 Å². The van der Waals surface area contributed by atoms with E-state index in [-0.39, 0.29) is 5.97 Å². The van der Waals surface area contributed by atoms with Crippen LogP contribution >= 0.6 is 0 Å². The lowest BCUT2D eigenvalue weighted by molar-refractivity contribution is -0.143. The molecule has 1 aromatic carbocycles. The number of ether oxygens (including phenoxy) is 1. The molecule has 0 unspecified atom stereocenters. The number of aryl methyl sites for hydroxylation is 3. The summed E-state index contributed by atoms with van der Waals surface area (Å²) in [6.45, 7) is 6.42. The van der Waals surface area contributed by atoms with E-state index in [0.717, 1.165) is 22.6 Å². The standard InChI is InChI=1S/C20H22N2O2/c1-4-24-19(23)11-10-17-20(16-8-6-5-7-9-16)21-18-12-14(2)15(3)13-22(17)18/h5-9,12-13H,4,10-11H2,1-3H3. The zero-order valence-electron chi connectivity index (χ0n) is 14.4. The highest BCUT2D eigenvalue weighted by atomic mass is 16.5. The molecule has 4 nitrogen and oxygen atoms in total. The highest BCUT2D eigenvalue weighted by Gasteiger charge is 2.16. The van der Waals surface area contributed by atoms with E-state index in [1.165, 1.54) is 11.1 Å². The minimum Gasteiger partial charge on any atom is -0.466 e. The molecule has 0 amide bonds. The van der Waals surface area contributed by atoms with Crippen LogP contribution in [0.4, 0.5) is 0 Å². The molecule has 124 valence electrons. The van der Waals surface area contributed by atoms with Crippen molar-refractivity contribution >= 4 is 11.6 Å². The molecule has 0 aliphatic rings. The van der Waals surface area contributed by atoms with E-state index in [0.29, 0.717) is 19.4 Å². The Labute approximate surface area is 142 Å². The molecule has 0 radical (unpaired) electrons. The van der Waals surface area contributed by atoms with Gasteiger partial charge in [0, 0.05) is 18.2 Å². The maximum Gasteiger partial charge on any atom is 0.306 e. The molecular formula is C20H22N2O2. The van der Waals surface area contributed by atoms with Gasteiger partial charge in [-0.15, -0.1) is 0 Å². The summed E-state index contributed by atoms with van der Waals surface area (Å²) in [6, 6.07) is 12.2. The Morgan fingerprint density at radius 1 is 1.17 bits per heavy atom. The highest BCUT2D eigenvalue weighted by molar-refractivity contribution is 5.72. The number of fused-ring (bicyclic) bond motifs is 1. The summed E-state index contributed by atoms with van der Waals surface area (Å²) in [4.78, 5) is 16.6. The predicted molar refractivity (Wildman–Crippen MR) is 95.1 cm³/mol. The van der Waals surface area contributed by atoms with Crippen molar-refractivity contribution in [1.29, 1.82) is 0 Å². The first kappa shape index (κ1) is 16.2. The van der Waals surface area contributed by atoms with Crippen molar-refractivity contribution in [2.45, 2.75) is 33.6 Å². The zero-order chi connectivity index (χ0) is 17.1. The Kier molecular flexibility index (Phi) is 4.65. The molecule has 0 fully saturated rings. The summed E-state index contributed by atoms with van der Waals surface area (Å²) in [5.41, 5.74) is 6.38. The topological polar surface area (TPSA) is 43.6 Å². The lowest BCUT2D eigenvalue weighted by Crippen LogP contribution is -2.07. The Balaban J connectivity index is 2.08. The summed E-state index contributed by atoms with van der Waals surface area (Å²) < 4.78 is 7.17. The second-order valence-corrected chi connectivity index (χ2v) is 5.95. The molecular weight excluding hydrogens is 300 g/mol. The van der Waals surface area contributed by atoms with Gasteiger partial charge in [0.15, 0.2) is 0 Å². The number of hydrogen-bond donors (Lipinski definition) is 0. The second-order valence-electron chi connectivity index (χ2n) is 5.95. The van der Waals surface area contributed by atoms with Gasteiger partial charge in [0.05, 0.1) is 24.4 Å². The minimum absolute atomic E-state index is 0.171. The molecule has 2 heterocycles. The Hall–Kier alpha value is -2.62. The van der Waals surface area contributed by atoms with Crippen molar-refractivity contribution in [2.24, 2.45) is 0 Å². The Morgan fingerprint density at radius 2 is 1.92 bits per heavy atom. The molecule has 0 aliphatic carbocycles. The fourth-order valence-electron chi connectivity index (χ4n) is 2.85. The number of aromatic nitrogens is 2. The van der Waals surface area contributed by atoms with Crippen LogP contribution in [0.2, 0.25) is 0 Å². The van der Waals surface area contributed by atoms with Crippen molar-refractivity contribution in [3.05, 3.63) is 59.4 Å². The molecule has 0 saturated carbocycles. The first-order valence-corrected chi connectivity index (χ1v) is 8.29. The fraction of sp³-hybridized carbons (Fsp3) is 0.300. The number of nitrogens with zero attached hydrogens (tertiary/aromatic N) is 2. The molecule has 3 rings (SSSR count). The van der Waals surface area contributed by atoms with Crippen molar-refractivity contribution in [1.82, 2.24) is 9.38 Å². The third-order valence-corrected chi connectivity index (χ3v) is 4.25. The fourth-order valence-corrected chi connectivity index (χ4v) is 2.85. The molecule has 24 heavy (non-hydrogen) atoms.